The molecule has 2 N–H and O–H groups in total. The van der Waals surface area contributed by atoms with E-state index in [9.17, 15) is 0 Å². The Balaban J connectivity index is 1.92. The second-order valence-electron chi connectivity index (χ2n) is 4.37. The van der Waals surface area contributed by atoms with Crippen LogP contribution in [-0.4, -0.2) is 14.1 Å². The zero-order valence-corrected chi connectivity index (χ0v) is 10.2. The zero-order chi connectivity index (χ0) is 12.4. The minimum Gasteiger partial charge on any atom is -0.345 e. The Hall–Kier alpha value is -2.07. The first kappa shape index (κ1) is 11.0. The van der Waals surface area contributed by atoms with E-state index in [-0.39, 0.29) is 0 Å². The summed E-state index contributed by atoms with van der Waals surface area (Å²) in [5.74, 6) is 0. The van der Waals surface area contributed by atoms with Crippen LogP contribution in [0.15, 0.2) is 49.2 Å². The van der Waals surface area contributed by atoms with Crippen molar-refractivity contribution in [1.29, 1.82) is 0 Å². The van der Waals surface area contributed by atoms with Gasteiger partial charge in [0.25, 0.3) is 0 Å². The fourth-order valence-corrected chi connectivity index (χ4v) is 2.33. The third-order valence-corrected chi connectivity index (χ3v) is 3.25. The second-order valence-corrected chi connectivity index (χ2v) is 4.37. The summed E-state index contributed by atoms with van der Waals surface area (Å²) in [6, 6.07) is 8.42. The molecule has 0 aliphatic carbocycles. The number of para-hydroxylation sites is 1. The molecular formula is C14H16N4. The van der Waals surface area contributed by atoms with Crippen molar-refractivity contribution < 1.29 is 0 Å². The molecule has 0 aliphatic heterocycles. The van der Waals surface area contributed by atoms with Gasteiger partial charge in [0.2, 0.25) is 0 Å². The van der Waals surface area contributed by atoms with Gasteiger partial charge in [0.1, 0.15) is 0 Å². The standard InChI is InChI=1S/C14H16N4/c15-10-13-3-1-2-12-4-6-18(14(12)13)9-8-17-7-5-16-11-17/h1-7,11H,8-10,15H2. The summed E-state index contributed by atoms with van der Waals surface area (Å²) in [6.07, 6.45) is 7.75. The van der Waals surface area contributed by atoms with Crippen LogP contribution in [0.3, 0.4) is 0 Å². The van der Waals surface area contributed by atoms with Gasteiger partial charge < -0.3 is 14.9 Å². The van der Waals surface area contributed by atoms with E-state index in [0.29, 0.717) is 6.54 Å². The molecule has 3 rings (SSSR count). The van der Waals surface area contributed by atoms with Gasteiger partial charge in [-0.25, -0.2) is 4.98 Å². The lowest BCUT2D eigenvalue weighted by Gasteiger charge is -2.09. The topological polar surface area (TPSA) is 48.8 Å². The SMILES string of the molecule is NCc1cccc2ccn(CCn3ccnc3)c12. The number of hydrogen-bond acceptors (Lipinski definition) is 2. The Labute approximate surface area is 106 Å². The molecule has 1 aromatic carbocycles. The Morgan fingerprint density at radius 1 is 1.11 bits per heavy atom. The second kappa shape index (κ2) is 4.66. The summed E-state index contributed by atoms with van der Waals surface area (Å²) in [6.45, 7) is 2.42. The van der Waals surface area contributed by atoms with Gasteiger partial charge in [-0.2, -0.15) is 0 Å². The molecule has 0 radical (unpaired) electrons. The van der Waals surface area contributed by atoms with Crippen LogP contribution in [0.1, 0.15) is 5.56 Å². The van der Waals surface area contributed by atoms with E-state index in [0.717, 1.165) is 13.1 Å². The Bertz CT molecular complexity index is 637. The van der Waals surface area contributed by atoms with Gasteiger partial charge in [0, 0.05) is 38.2 Å². The fraction of sp³-hybridized carbons (Fsp3) is 0.214. The first-order valence-electron chi connectivity index (χ1n) is 6.11. The molecule has 0 saturated heterocycles. The molecule has 0 bridgehead atoms. The molecule has 4 nitrogen and oxygen atoms in total. The average Bonchev–Trinajstić information content (AvgIpc) is 3.05. The van der Waals surface area contributed by atoms with Crippen molar-refractivity contribution >= 4 is 10.9 Å². The number of nitrogens with zero attached hydrogens (tertiary/aromatic N) is 3. The van der Waals surface area contributed by atoms with Crippen LogP contribution in [0, 0.1) is 0 Å². The van der Waals surface area contributed by atoms with Crippen LogP contribution in [0.25, 0.3) is 10.9 Å². The van der Waals surface area contributed by atoms with Gasteiger partial charge >= 0.3 is 0 Å². The molecule has 0 fully saturated rings. The minimum atomic E-state index is 0.576. The van der Waals surface area contributed by atoms with Gasteiger partial charge in [-0.1, -0.05) is 18.2 Å². The third-order valence-electron chi connectivity index (χ3n) is 3.25. The lowest BCUT2D eigenvalue weighted by atomic mass is 10.1. The van der Waals surface area contributed by atoms with E-state index in [1.807, 2.05) is 12.5 Å². The molecule has 2 aromatic heterocycles. The number of rotatable bonds is 4. The molecule has 92 valence electrons. The van der Waals surface area contributed by atoms with Crippen molar-refractivity contribution in [1.82, 2.24) is 14.1 Å². The Morgan fingerprint density at radius 2 is 2.06 bits per heavy atom. The van der Waals surface area contributed by atoms with Crippen molar-refractivity contribution in [3.05, 3.63) is 54.7 Å². The van der Waals surface area contributed by atoms with Crippen LogP contribution in [0.2, 0.25) is 0 Å². The van der Waals surface area contributed by atoms with Crippen LogP contribution < -0.4 is 5.73 Å². The highest BCUT2D eigenvalue weighted by Crippen LogP contribution is 2.20. The highest BCUT2D eigenvalue weighted by molar-refractivity contribution is 5.83. The van der Waals surface area contributed by atoms with E-state index in [1.54, 1.807) is 6.20 Å². The number of fused-ring (bicyclic) bond motifs is 1. The number of imidazole rings is 1. The number of aromatic nitrogens is 3. The lowest BCUT2D eigenvalue weighted by molar-refractivity contribution is 0.591. The summed E-state index contributed by atoms with van der Waals surface area (Å²) < 4.78 is 4.34. The van der Waals surface area contributed by atoms with Crippen molar-refractivity contribution in [2.45, 2.75) is 19.6 Å². The maximum atomic E-state index is 5.81. The largest absolute Gasteiger partial charge is 0.345 e. The summed E-state index contributed by atoms with van der Waals surface area (Å²) in [4.78, 5) is 4.05. The van der Waals surface area contributed by atoms with Crippen molar-refractivity contribution in [2.24, 2.45) is 5.73 Å². The van der Waals surface area contributed by atoms with E-state index in [2.05, 4.69) is 44.6 Å². The molecule has 4 heteroatoms. The predicted molar refractivity (Wildman–Crippen MR) is 72.1 cm³/mol. The van der Waals surface area contributed by atoms with Crippen molar-refractivity contribution in [3.8, 4) is 0 Å². The first-order valence-corrected chi connectivity index (χ1v) is 6.11. The Kier molecular flexibility index (Phi) is 2.86. The van der Waals surface area contributed by atoms with Crippen LogP contribution in [0.5, 0.6) is 0 Å². The van der Waals surface area contributed by atoms with E-state index in [4.69, 9.17) is 5.73 Å². The smallest absolute Gasteiger partial charge is 0.0946 e. The van der Waals surface area contributed by atoms with Crippen LogP contribution in [-0.2, 0) is 19.6 Å². The minimum absolute atomic E-state index is 0.576. The molecule has 18 heavy (non-hydrogen) atoms. The number of benzene rings is 1. The molecule has 0 unspecified atom stereocenters. The summed E-state index contributed by atoms with van der Waals surface area (Å²) in [7, 11) is 0. The van der Waals surface area contributed by atoms with E-state index < -0.39 is 0 Å². The van der Waals surface area contributed by atoms with Crippen molar-refractivity contribution in [3.63, 3.8) is 0 Å². The molecule has 3 aromatic rings. The van der Waals surface area contributed by atoms with Gasteiger partial charge in [0.05, 0.1) is 11.8 Å². The normalized spacial score (nSPS) is 11.2. The average molecular weight is 240 g/mol. The summed E-state index contributed by atoms with van der Waals surface area (Å²) in [5, 5.41) is 1.25. The zero-order valence-electron chi connectivity index (χ0n) is 10.2. The predicted octanol–water partition coefficient (Wildman–Crippen LogP) is 2.00. The Morgan fingerprint density at radius 3 is 2.83 bits per heavy atom. The monoisotopic (exact) mass is 240 g/mol. The maximum Gasteiger partial charge on any atom is 0.0946 e. The van der Waals surface area contributed by atoms with Gasteiger partial charge in [-0.05, 0) is 17.0 Å². The van der Waals surface area contributed by atoms with Gasteiger partial charge in [-0.15, -0.1) is 0 Å². The summed E-state index contributed by atoms with van der Waals surface area (Å²) in [5.41, 5.74) is 8.25. The molecule has 0 atom stereocenters. The van der Waals surface area contributed by atoms with Gasteiger partial charge in [-0.3, -0.25) is 0 Å². The fourth-order valence-electron chi connectivity index (χ4n) is 2.33. The lowest BCUT2D eigenvalue weighted by Crippen LogP contribution is -2.07. The van der Waals surface area contributed by atoms with Crippen LogP contribution >= 0.6 is 0 Å². The molecule has 2 heterocycles. The number of nitrogens with two attached hydrogens (primary N) is 1. The van der Waals surface area contributed by atoms with Crippen molar-refractivity contribution in [2.75, 3.05) is 0 Å². The molecule has 0 aliphatic rings. The van der Waals surface area contributed by atoms with Crippen LogP contribution in [0.4, 0.5) is 0 Å². The van der Waals surface area contributed by atoms with E-state index >= 15 is 0 Å². The number of aryl methyl sites for hydroxylation is 2. The highest BCUT2D eigenvalue weighted by atomic mass is 15.1. The quantitative estimate of drug-likeness (QED) is 0.758. The molecular weight excluding hydrogens is 224 g/mol. The van der Waals surface area contributed by atoms with E-state index in [1.165, 1.54) is 16.5 Å². The maximum absolute atomic E-state index is 5.81. The molecule has 0 amide bonds. The molecule has 0 spiro atoms. The highest BCUT2D eigenvalue weighted by Gasteiger charge is 2.05. The molecule has 0 saturated carbocycles. The third kappa shape index (κ3) is 1.91. The summed E-state index contributed by atoms with van der Waals surface area (Å²) >= 11 is 0. The number of hydrogen-bond donors (Lipinski definition) is 1. The first-order chi connectivity index (χ1) is 8.88. The van der Waals surface area contributed by atoms with Gasteiger partial charge in [0.15, 0.2) is 0 Å².